The minimum absolute atomic E-state index is 0.0744. The van der Waals surface area contributed by atoms with Crippen LogP contribution in [-0.2, 0) is 5.41 Å². The summed E-state index contributed by atoms with van der Waals surface area (Å²) in [5.41, 5.74) is 37.5. The van der Waals surface area contributed by atoms with Crippen LogP contribution in [0.25, 0.3) is 242 Å². The Kier molecular flexibility index (Phi) is 18.0. The lowest BCUT2D eigenvalue weighted by Crippen LogP contribution is -2.28. The smallest absolute Gasteiger partial charge is 0.0215 e. The van der Waals surface area contributed by atoms with Crippen molar-refractivity contribution < 1.29 is 0 Å². The van der Waals surface area contributed by atoms with Crippen molar-refractivity contribution in [3.63, 3.8) is 0 Å². The van der Waals surface area contributed by atoms with E-state index in [0.29, 0.717) is 0 Å². The molecular weight excluding hydrogens is 1540 g/mol. The van der Waals surface area contributed by atoms with Crippen molar-refractivity contribution in [3.05, 3.63) is 472 Å². The summed E-state index contributed by atoms with van der Waals surface area (Å²) < 4.78 is 0. The molecule has 0 atom stereocenters. The fourth-order valence-electron chi connectivity index (χ4n) is 22.7. The molecule has 25 rings (SSSR count). The van der Waals surface area contributed by atoms with Crippen LogP contribution in [0, 0.1) is 0 Å². The molecule has 23 aromatic rings. The maximum absolute atomic E-state index is 2.63. The summed E-state index contributed by atoms with van der Waals surface area (Å²) in [5, 5.41) is 19.9. The lowest BCUT2D eigenvalue weighted by molar-refractivity contribution is 0.353. The monoisotopic (exact) mass is 1620 g/mol. The summed E-state index contributed by atoms with van der Waals surface area (Å²) in [6, 6.07) is 174. The van der Waals surface area contributed by atoms with Gasteiger partial charge in [-0.25, -0.2) is 0 Å². The Morgan fingerprint density at radius 2 is 0.359 bits per heavy atom. The van der Waals surface area contributed by atoms with Crippen molar-refractivity contribution in [2.24, 2.45) is 0 Å². The molecule has 0 heterocycles. The van der Waals surface area contributed by atoms with Gasteiger partial charge in [0.2, 0.25) is 0 Å². The van der Waals surface area contributed by atoms with E-state index in [1.165, 1.54) is 272 Å². The lowest BCUT2D eigenvalue weighted by atomic mass is 9.67. The highest BCUT2D eigenvalue weighted by Crippen LogP contribution is 2.59. The molecule has 0 heteroatoms. The average Bonchev–Trinajstić information content (AvgIpc) is 1.53. The molecule has 23 aromatic carbocycles. The van der Waals surface area contributed by atoms with Crippen LogP contribution < -0.4 is 0 Å². The Hall–Kier alpha value is -15.9. The van der Waals surface area contributed by atoms with Gasteiger partial charge in [0.1, 0.15) is 0 Å². The van der Waals surface area contributed by atoms with Gasteiger partial charge in [0.05, 0.1) is 0 Å². The summed E-state index contributed by atoms with van der Waals surface area (Å²) in [4.78, 5) is 0. The number of rotatable bonds is 13. The van der Waals surface area contributed by atoms with E-state index < -0.39 is 0 Å². The van der Waals surface area contributed by atoms with Gasteiger partial charge in [-0.15, -0.1) is 0 Å². The van der Waals surface area contributed by atoms with Gasteiger partial charge in [-0.05, 0) is 290 Å². The predicted octanol–water partition coefficient (Wildman–Crippen LogP) is 35.8. The first-order valence-corrected chi connectivity index (χ1v) is 45.4. The quantitative estimate of drug-likeness (QED) is 0.101. The zero-order valence-electron chi connectivity index (χ0n) is 70.9. The zero-order valence-corrected chi connectivity index (χ0v) is 70.9. The van der Waals surface area contributed by atoms with E-state index in [-0.39, 0.29) is 5.41 Å². The van der Waals surface area contributed by atoms with Crippen LogP contribution >= 0.6 is 0 Å². The fourth-order valence-corrected chi connectivity index (χ4v) is 22.7. The second-order valence-electron chi connectivity index (χ2n) is 35.3. The molecule has 1 spiro atoms. The van der Waals surface area contributed by atoms with E-state index in [2.05, 4.69) is 461 Å². The summed E-state index contributed by atoms with van der Waals surface area (Å²) in [6.07, 6.45) is 5.98. The van der Waals surface area contributed by atoms with Crippen LogP contribution in [0.4, 0.5) is 0 Å². The van der Waals surface area contributed by atoms with Crippen LogP contribution in [0.2, 0.25) is 0 Å². The first kappa shape index (κ1) is 74.7. The van der Waals surface area contributed by atoms with E-state index in [1.54, 1.807) is 0 Å². The lowest BCUT2D eigenvalue weighted by Gasteiger charge is -2.36. The third-order valence-corrected chi connectivity index (χ3v) is 28.5. The SMILES string of the molecule is c1ccc(-c2ccc(-c3ccccc3-c3c4ccccc4c(-c4ccc(-c5c6ccccc6c(-c6ccc(-c7ccc8c(c7)-c7ccc(-c9c%10ccccc%10c(-c%10ccc(-c%11c%12ccccc%12c(-c%12ccccc%12)c%12cc(-c%13ccccc%13)ccc%11%12)cc%10)c%10ccccc9%10)cc7C87CCCCC7)cc6)c6cc(-c7ccccc7)ccc56)cc4)c4ccccc34)cc2)cc1. The Morgan fingerprint density at radius 1 is 0.117 bits per heavy atom. The molecule has 0 nitrogen and oxygen atoms in total. The van der Waals surface area contributed by atoms with Gasteiger partial charge in [-0.2, -0.15) is 0 Å². The first-order chi connectivity index (χ1) is 63.5. The van der Waals surface area contributed by atoms with Gasteiger partial charge in [-0.3, -0.25) is 0 Å². The van der Waals surface area contributed by atoms with Gasteiger partial charge in [0.25, 0.3) is 0 Å². The van der Waals surface area contributed by atoms with E-state index in [9.17, 15) is 0 Å². The van der Waals surface area contributed by atoms with Gasteiger partial charge in [-0.1, -0.05) is 456 Å². The second kappa shape index (κ2) is 30.8. The van der Waals surface area contributed by atoms with Crippen LogP contribution in [0.1, 0.15) is 43.2 Å². The third-order valence-electron chi connectivity index (χ3n) is 28.5. The van der Waals surface area contributed by atoms with E-state index in [4.69, 9.17) is 0 Å². The standard InChI is InChI=1S/C128H86/c1-6-30-82(31-7-1)85-52-56-87(57-53-85)98-38-14-15-39-100(98)127-111-50-26-24-48-109(111)121(110-49-25-27-51-112(110)127)90-62-66-92(67-63-90)123-102-41-17-21-45-106(102)125(117-80-95(69-74-114(117)123)84-34-10-3-11-35-84)93-58-54-86(55-59-93)96-71-75-118-115(78-96)99-72-70-97(81-119(99)128(118)76-28-5-29-77-128)126-107-46-22-18-42-103(107)120(104-43-19-23-47-108(104)126)89-60-64-91(65-61-89)122-101-40-16-20-44-105(101)124(88-36-12-4-13-37-88)116-79-94(68-73-113(116)122)83-32-8-2-9-33-83/h1-4,6-27,30-75,78-81H,5,28-29,76-77H2. The maximum atomic E-state index is 2.63. The van der Waals surface area contributed by atoms with Crippen molar-refractivity contribution in [2.75, 3.05) is 0 Å². The second-order valence-corrected chi connectivity index (χ2v) is 35.3. The van der Waals surface area contributed by atoms with Crippen molar-refractivity contribution >= 4 is 86.2 Å². The molecule has 0 N–H and O–H groups in total. The van der Waals surface area contributed by atoms with Gasteiger partial charge < -0.3 is 0 Å². The maximum Gasteiger partial charge on any atom is 0.0215 e. The minimum Gasteiger partial charge on any atom is -0.0622 e. The van der Waals surface area contributed by atoms with E-state index >= 15 is 0 Å². The molecule has 2 aliphatic carbocycles. The number of hydrogen-bond donors (Lipinski definition) is 0. The summed E-state index contributed by atoms with van der Waals surface area (Å²) in [7, 11) is 0. The van der Waals surface area contributed by atoms with E-state index in [0.717, 1.165) is 12.8 Å². The zero-order chi connectivity index (χ0) is 84.3. The minimum atomic E-state index is -0.0744. The largest absolute Gasteiger partial charge is 0.0622 e. The molecule has 0 saturated heterocycles. The van der Waals surface area contributed by atoms with Gasteiger partial charge >= 0.3 is 0 Å². The molecular formula is C128H86. The highest BCUT2D eigenvalue weighted by molar-refractivity contribution is 6.27. The Labute approximate surface area is 746 Å². The molecule has 1 saturated carbocycles. The summed E-state index contributed by atoms with van der Waals surface area (Å²) in [5.74, 6) is 0. The molecule has 1 fully saturated rings. The van der Waals surface area contributed by atoms with Crippen molar-refractivity contribution in [3.8, 4) is 156 Å². The highest BCUT2D eigenvalue weighted by atomic mass is 14.5. The average molecular weight is 1620 g/mol. The van der Waals surface area contributed by atoms with Crippen molar-refractivity contribution in [1.82, 2.24) is 0 Å². The molecule has 0 bridgehead atoms. The van der Waals surface area contributed by atoms with Crippen molar-refractivity contribution in [1.29, 1.82) is 0 Å². The van der Waals surface area contributed by atoms with Crippen LogP contribution in [0.3, 0.4) is 0 Å². The molecule has 598 valence electrons. The van der Waals surface area contributed by atoms with Gasteiger partial charge in [0.15, 0.2) is 0 Å². The molecule has 0 unspecified atom stereocenters. The Balaban J connectivity index is 0.565. The van der Waals surface area contributed by atoms with E-state index in [1.807, 2.05) is 0 Å². The van der Waals surface area contributed by atoms with Crippen LogP contribution in [0.15, 0.2) is 461 Å². The normalized spacial score (nSPS) is 12.9. The highest BCUT2D eigenvalue weighted by Gasteiger charge is 2.44. The predicted molar refractivity (Wildman–Crippen MR) is 546 cm³/mol. The molecule has 0 amide bonds. The molecule has 0 aromatic heterocycles. The Morgan fingerprint density at radius 3 is 0.742 bits per heavy atom. The fraction of sp³-hybridized carbons (Fsp3) is 0.0469. The van der Waals surface area contributed by atoms with Crippen LogP contribution in [0.5, 0.6) is 0 Å². The van der Waals surface area contributed by atoms with Crippen molar-refractivity contribution in [2.45, 2.75) is 37.5 Å². The number of hydrogen-bond acceptors (Lipinski definition) is 0. The molecule has 0 aliphatic heterocycles. The molecule has 2 aliphatic rings. The first-order valence-electron chi connectivity index (χ1n) is 45.4. The van der Waals surface area contributed by atoms with Gasteiger partial charge in [0, 0.05) is 5.41 Å². The van der Waals surface area contributed by atoms with Crippen LogP contribution in [-0.4, -0.2) is 0 Å². The molecule has 128 heavy (non-hydrogen) atoms. The molecule has 0 radical (unpaired) electrons. The number of fused-ring (bicyclic) bond motifs is 13. The summed E-state index contributed by atoms with van der Waals surface area (Å²) in [6.45, 7) is 0. The topological polar surface area (TPSA) is 0 Å². The number of benzene rings is 23. The third kappa shape index (κ3) is 12.3. The summed E-state index contributed by atoms with van der Waals surface area (Å²) >= 11 is 0. The Bertz CT molecular complexity index is 8250.